The maximum atomic E-state index is 13.9. The lowest BCUT2D eigenvalue weighted by molar-refractivity contribution is -0.0506. The first kappa shape index (κ1) is 15.3. The Bertz CT molecular complexity index is 598. The van der Waals surface area contributed by atoms with E-state index < -0.39 is 24.3 Å². The second-order valence-electron chi connectivity index (χ2n) is 4.27. The van der Waals surface area contributed by atoms with Gasteiger partial charge in [-0.2, -0.15) is 8.78 Å². The molecule has 0 saturated heterocycles. The molecule has 0 aliphatic heterocycles. The molecule has 112 valence electrons. The fraction of sp³-hybridized carbons (Fsp3) is 0.200. The van der Waals surface area contributed by atoms with Crippen molar-refractivity contribution in [1.29, 1.82) is 0 Å². The number of halogens is 4. The predicted octanol–water partition coefficient (Wildman–Crippen LogP) is 3.88. The molecule has 0 radical (unpaired) electrons. The molecule has 1 unspecified atom stereocenters. The topological polar surface area (TPSA) is 21.3 Å². The lowest BCUT2D eigenvalue weighted by Gasteiger charge is -2.21. The molecule has 21 heavy (non-hydrogen) atoms. The first-order chi connectivity index (χ1) is 10.0. The van der Waals surface area contributed by atoms with Gasteiger partial charge in [0.05, 0.1) is 6.04 Å². The third-order valence-electron chi connectivity index (χ3n) is 3.02. The number of hydrogen-bond acceptors (Lipinski definition) is 2. The van der Waals surface area contributed by atoms with Crippen molar-refractivity contribution < 1.29 is 22.3 Å². The van der Waals surface area contributed by atoms with Crippen LogP contribution in [0.1, 0.15) is 17.2 Å². The van der Waals surface area contributed by atoms with Crippen LogP contribution in [0.2, 0.25) is 0 Å². The molecule has 0 bridgehead atoms. The van der Waals surface area contributed by atoms with E-state index in [0.717, 1.165) is 12.1 Å². The van der Waals surface area contributed by atoms with Crippen molar-refractivity contribution in [2.45, 2.75) is 12.7 Å². The summed E-state index contributed by atoms with van der Waals surface area (Å²) in [6.07, 6.45) is 0. The van der Waals surface area contributed by atoms with Crippen LogP contribution in [0.5, 0.6) is 5.75 Å². The zero-order chi connectivity index (χ0) is 15.4. The summed E-state index contributed by atoms with van der Waals surface area (Å²) >= 11 is 0. The van der Waals surface area contributed by atoms with Gasteiger partial charge in [0, 0.05) is 11.1 Å². The van der Waals surface area contributed by atoms with Crippen LogP contribution in [0.15, 0.2) is 42.5 Å². The summed E-state index contributed by atoms with van der Waals surface area (Å²) < 4.78 is 57.1. The second kappa shape index (κ2) is 6.58. The molecule has 2 aromatic carbocycles. The lowest BCUT2D eigenvalue weighted by Crippen LogP contribution is -2.21. The van der Waals surface area contributed by atoms with Crippen molar-refractivity contribution in [2.24, 2.45) is 0 Å². The molecule has 6 heteroatoms. The SMILES string of the molecule is CNC(c1ccccc1OC(F)F)c1c(F)cccc1F. The molecule has 0 saturated carbocycles. The minimum atomic E-state index is -3.02. The van der Waals surface area contributed by atoms with Crippen LogP contribution in [-0.4, -0.2) is 13.7 Å². The normalized spacial score (nSPS) is 12.5. The fourth-order valence-electron chi connectivity index (χ4n) is 2.16. The Morgan fingerprint density at radius 1 is 0.952 bits per heavy atom. The summed E-state index contributed by atoms with van der Waals surface area (Å²) in [5, 5.41) is 2.73. The van der Waals surface area contributed by atoms with Crippen molar-refractivity contribution >= 4 is 0 Å². The summed E-state index contributed by atoms with van der Waals surface area (Å²) in [6, 6.07) is 8.40. The summed E-state index contributed by atoms with van der Waals surface area (Å²) in [4.78, 5) is 0. The van der Waals surface area contributed by atoms with Gasteiger partial charge in [0.25, 0.3) is 0 Å². The Balaban J connectivity index is 2.52. The number of para-hydroxylation sites is 1. The molecule has 0 aliphatic rings. The Labute approximate surface area is 119 Å². The van der Waals surface area contributed by atoms with Gasteiger partial charge < -0.3 is 10.1 Å². The van der Waals surface area contributed by atoms with Crippen LogP contribution in [0.4, 0.5) is 17.6 Å². The van der Waals surface area contributed by atoms with Crippen LogP contribution in [0.3, 0.4) is 0 Å². The van der Waals surface area contributed by atoms with Gasteiger partial charge in [0.15, 0.2) is 0 Å². The number of hydrogen-bond donors (Lipinski definition) is 1. The highest BCUT2D eigenvalue weighted by atomic mass is 19.3. The molecule has 2 rings (SSSR count). The van der Waals surface area contributed by atoms with Crippen LogP contribution in [-0.2, 0) is 0 Å². The molecular formula is C15H13F4NO. The van der Waals surface area contributed by atoms with Gasteiger partial charge in [0.1, 0.15) is 17.4 Å². The van der Waals surface area contributed by atoms with Crippen molar-refractivity contribution in [3.63, 3.8) is 0 Å². The molecule has 1 N–H and O–H groups in total. The molecular weight excluding hydrogens is 286 g/mol. The fourth-order valence-corrected chi connectivity index (χ4v) is 2.16. The Morgan fingerprint density at radius 3 is 2.14 bits per heavy atom. The van der Waals surface area contributed by atoms with Crippen LogP contribution < -0.4 is 10.1 Å². The smallest absolute Gasteiger partial charge is 0.387 e. The predicted molar refractivity (Wildman–Crippen MR) is 70.3 cm³/mol. The van der Waals surface area contributed by atoms with Gasteiger partial charge in [-0.15, -0.1) is 0 Å². The second-order valence-corrected chi connectivity index (χ2v) is 4.27. The maximum absolute atomic E-state index is 13.9. The van der Waals surface area contributed by atoms with Crippen molar-refractivity contribution in [3.05, 3.63) is 65.2 Å². The molecule has 2 nitrogen and oxygen atoms in total. The molecule has 0 fully saturated rings. The standard InChI is InChI=1S/C15H13F4NO/c1-20-14(13-10(16)6-4-7-11(13)17)9-5-2-3-8-12(9)21-15(18)19/h2-8,14-15,20H,1H3. The molecule has 1 atom stereocenters. The average Bonchev–Trinajstić information content (AvgIpc) is 2.43. The number of benzene rings is 2. The van der Waals surface area contributed by atoms with Crippen molar-refractivity contribution in [2.75, 3.05) is 7.05 Å². The lowest BCUT2D eigenvalue weighted by atomic mass is 9.97. The molecule has 0 spiro atoms. The van der Waals surface area contributed by atoms with E-state index in [1.165, 1.54) is 31.3 Å². The van der Waals surface area contributed by atoms with E-state index in [-0.39, 0.29) is 16.9 Å². The van der Waals surface area contributed by atoms with Gasteiger partial charge in [-0.3, -0.25) is 0 Å². The highest BCUT2D eigenvalue weighted by Crippen LogP contribution is 2.33. The Morgan fingerprint density at radius 2 is 1.57 bits per heavy atom. The highest BCUT2D eigenvalue weighted by molar-refractivity contribution is 5.42. The average molecular weight is 299 g/mol. The first-order valence-electron chi connectivity index (χ1n) is 6.19. The van der Waals surface area contributed by atoms with Gasteiger partial charge in [-0.05, 0) is 25.2 Å². The number of rotatable bonds is 5. The minimum absolute atomic E-state index is 0.130. The van der Waals surface area contributed by atoms with Crippen molar-refractivity contribution in [3.8, 4) is 5.75 Å². The third-order valence-corrected chi connectivity index (χ3v) is 3.02. The largest absolute Gasteiger partial charge is 0.434 e. The summed E-state index contributed by atoms with van der Waals surface area (Å²) in [6.45, 7) is -3.02. The van der Waals surface area contributed by atoms with E-state index in [2.05, 4.69) is 10.1 Å². The summed E-state index contributed by atoms with van der Waals surface area (Å²) in [5.74, 6) is -1.66. The summed E-state index contributed by atoms with van der Waals surface area (Å²) in [5.41, 5.74) is -0.0189. The monoisotopic (exact) mass is 299 g/mol. The van der Waals surface area contributed by atoms with E-state index in [1.54, 1.807) is 6.07 Å². The van der Waals surface area contributed by atoms with Crippen molar-refractivity contribution in [1.82, 2.24) is 5.32 Å². The van der Waals surface area contributed by atoms with Gasteiger partial charge >= 0.3 is 6.61 Å². The molecule has 2 aromatic rings. The van der Waals surface area contributed by atoms with Crippen LogP contribution >= 0.6 is 0 Å². The van der Waals surface area contributed by atoms with E-state index in [4.69, 9.17) is 0 Å². The number of alkyl halides is 2. The zero-order valence-corrected chi connectivity index (χ0v) is 11.1. The quantitative estimate of drug-likeness (QED) is 0.846. The zero-order valence-electron chi connectivity index (χ0n) is 11.1. The summed E-state index contributed by atoms with van der Waals surface area (Å²) in [7, 11) is 1.48. The van der Waals surface area contributed by atoms with E-state index in [9.17, 15) is 17.6 Å². The third kappa shape index (κ3) is 3.33. The van der Waals surface area contributed by atoms with Gasteiger partial charge in [0.2, 0.25) is 0 Å². The Kier molecular flexibility index (Phi) is 4.80. The van der Waals surface area contributed by atoms with E-state index >= 15 is 0 Å². The first-order valence-corrected chi connectivity index (χ1v) is 6.19. The number of ether oxygens (including phenoxy) is 1. The van der Waals surface area contributed by atoms with Crippen LogP contribution in [0.25, 0.3) is 0 Å². The Hall–Kier alpha value is -2.08. The minimum Gasteiger partial charge on any atom is -0.434 e. The molecule has 0 aliphatic carbocycles. The van der Waals surface area contributed by atoms with Gasteiger partial charge in [-0.1, -0.05) is 24.3 Å². The van der Waals surface area contributed by atoms with Crippen LogP contribution in [0, 0.1) is 11.6 Å². The molecule has 0 amide bonds. The maximum Gasteiger partial charge on any atom is 0.387 e. The molecule has 0 aromatic heterocycles. The van der Waals surface area contributed by atoms with Gasteiger partial charge in [-0.25, -0.2) is 8.78 Å². The van der Waals surface area contributed by atoms with E-state index in [0.29, 0.717) is 0 Å². The molecule has 0 heterocycles. The number of nitrogens with one attached hydrogen (secondary N) is 1. The van der Waals surface area contributed by atoms with E-state index in [1.807, 2.05) is 0 Å². The highest BCUT2D eigenvalue weighted by Gasteiger charge is 2.24.